The maximum Gasteiger partial charge on any atom is 0.263 e. The molecule has 0 aromatic heterocycles. The van der Waals surface area contributed by atoms with Crippen molar-refractivity contribution in [3.63, 3.8) is 0 Å². The molecule has 1 unspecified atom stereocenters. The lowest BCUT2D eigenvalue weighted by Gasteiger charge is -2.37. The number of amides is 1. The van der Waals surface area contributed by atoms with Crippen LogP contribution in [0.2, 0.25) is 5.02 Å². The fourth-order valence-corrected chi connectivity index (χ4v) is 3.44. The van der Waals surface area contributed by atoms with Crippen molar-refractivity contribution in [3.8, 4) is 11.5 Å². The predicted molar refractivity (Wildman–Crippen MR) is 108 cm³/mol. The average molecular weight is 389 g/mol. The molecule has 0 aliphatic carbocycles. The van der Waals surface area contributed by atoms with Gasteiger partial charge in [0, 0.05) is 43.0 Å². The highest BCUT2D eigenvalue weighted by Crippen LogP contribution is 2.26. The number of halogens is 1. The molecule has 27 heavy (non-hydrogen) atoms. The molecule has 0 N–H and O–H groups in total. The van der Waals surface area contributed by atoms with E-state index in [1.54, 1.807) is 20.1 Å². The van der Waals surface area contributed by atoms with Gasteiger partial charge in [-0.2, -0.15) is 0 Å². The first-order valence-electron chi connectivity index (χ1n) is 9.08. The van der Waals surface area contributed by atoms with E-state index in [0.29, 0.717) is 24.6 Å². The van der Waals surface area contributed by atoms with Crippen LogP contribution in [0.5, 0.6) is 11.5 Å². The maximum atomic E-state index is 12.8. The Kier molecular flexibility index (Phi) is 6.11. The van der Waals surface area contributed by atoms with E-state index in [-0.39, 0.29) is 5.91 Å². The molecular weight excluding hydrogens is 364 g/mol. The Morgan fingerprint density at radius 2 is 1.78 bits per heavy atom. The highest BCUT2D eigenvalue weighted by atomic mass is 35.5. The zero-order valence-electron chi connectivity index (χ0n) is 15.9. The van der Waals surface area contributed by atoms with Gasteiger partial charge in [0.15, 0.2) is 6.10 Å². The van der Waals surface area contributed by atoms with Crippen LogP contribution in [0.15, 0.2) is 42.5 Å². The third-order valence-electron chi connectivity index (χ3n) is 4.81. The number of rotatable bonds is 5. The van der Waals surface area contributed by atoms with Crippen molar-refractivity contribution in [1.29, 1.82) is 0 Å². The van der Waals surface area contributed by atoms with Crippen molar-refractivity contribution in [1.82, 2.24) is 4.90 Å². The minimum atomic E-state index is -0.545. The first-order chi connectivity index (χ1) is 13.0. The van der Waals surface area contributed by atoms with Crippen molar-refractivity contribution in [2.45, 2.75) is 20.0 Å². The molecule has 5 nitrogen and oxygen atoms in total. The van der Waals surface area contributed by atoms with Gasteiger partial charge >= 0.3 is 0 Å². The summed E-state index contributed by atoms with van der Waals surface area (Å²) in [6, 6.07) is 13.2. The minimum absolute atomic E-state index is 0.000265. The monoisotopic (exact) mass is 388 g/mol. The van der Waals surface area contributed by atoms with Crippen LogP contribution in [0.4, 0.5) is 5.69 Å². The van der Waals surface area contributed by atoms with Crippen LogP contribution in [0.25, 0.3) is 0 Å². The molecule has 1 heterocycles. The Morgan fingerprint density at radius 3 is 2.48 bits per heavy atom. The van der Waals surface area contributed by atoms with Crippen LogP contribution in [-0.2, 0) is 4.79 Å². The topological polar surface area (TPSA) is 42.0 Å². The van der Waals surface area contributed by atoms with E-state index in [1.807, 2.05) is 41.3 Å². The number of aryl methyl sites for hydroxylation is 1. The van der Waals surface area contributed by atoms with Crippen LogP contribution in [0, 0.1) is 6.92 Å². The van der Waals surface area contributed by atoms with Gasteiger partial charge in [-0.05, 0) is 43.7 Å². The Morgan fingerprint density at radius 1 is 1.07 bits per heavy atom. The molecule has 3 rings (SSSR count). The summed E-state index contributed by atoms with van der Waals surface area (Å²) in [6.07, 6.45) is -0.545. The highest BCUT2D eigenvalue weighted by Gasteiger charge is 2.26. The molecule has 0 saturated carbocycles. The van der Waals surface area contributed by atoms with Gasteiger partial charge in [0.05, 0.1) is 7.11 Å². The zero-order chi connectivity index (χ0) is 19.4. The summed E-state index contributed by atoms with van der Waals surface area (Å²) in [6.45, 7) is 6.74. The first-order valence-corrected chi connectivity index (χ1v) is 9.46. The lowest BCUT2D eigenvalue weighted by molar-refractivity contribution is -0.138. The Hall–Kier alpha value is -2.40. The van der Waals surface area contributed by atoms with E-state index in [4.69, 9.17) is 21.1 Å². The van der Waals surface area contributed by atoms with Crippen molar-refractivity contribution >= 4 is 23.2 Å². The quantitative estimate of drug-likeness (QED) is 0.781. The summed E-state index contributed by atoms with van der Waals surface area (Å²) >= 11 is 6.14. The number of carbonyl (C=O) groups is 1. The van der Waals surface area contributed by atoms with Gasteiger partial charge < -0.3 is 19.3 Å². The standard InChI is InChI=1S/C21H25ClN2O3/c1-15-7-8-17(22)13-20(15)23-9-11-24(12-10-23)21(25)16(2)27-19-6-4-5-18(14-19)26-3/h4-8,13-14,16H,9-12H2,1-3H3. The highest BCUT2D eigenvalue weighted by molar-refractivity contribution is 6.30. The molecule has 0 spiro atoms. The van der Waals surface area contributed by atoms with E-state index in [1.165, 1.54) is 5.56 Å². The average Bonchev–Trinajstić information content (AvgIpc) is 2.69. The summed E-state index contributed by atoms with van der Waals surface area (Å²) in [5, 5.41) is 0.731. The fourth-order valence-electron chi connectivity index (χ4n) is 3.28. The SMILES string of the molecule is COc1cccc(OC(C)C(=O)N2CCN(c3cc(Cl)ccc3C)CC2)c1. The van der Waals surface area contributed by atoms with Gasteiger partial charge in [0.25, 0.3) is 5.91 Å². The number of ether oxygens (including phenoxy) is 2. The van der Waals surface area contributed by atoms with Crippen molar-refractivity contribution in [3.05, 3.63) is 53.1 Å². The van der Waals surface area contributed by atoms with E-state index in [0.717, 1.165) is 23.8 Å². The molecule has 6 heteroatoms. The maximum absolute atomic E-state index is 12.8. The van der Waals surface area contributed by atoms with Crippen molar-refractivity contribution < 1.29 is 14.3 Å². The second kappa shape index (κ2) is 8.53. The molecule has 1 fully saturated rings. The van der Waals surface area contributed by atoms with Crippen molar-refractivity contribution in [2.24, 2.45) is 0 Å². The molecule has 1 atom stereocenters. The molecule has 2 aromatic rings. The Labute approximate surface area is 165 Å². The van der Waals surface area contributed by atoms with Gasteiger partial charge in [-0.15, -0.1) is 0 Å². The summed E-state index contributed by atoms with van der Waals surface area (Å²) in [4.78, 5) is 16.9. The molecule has 0 bridgehead atoms. The Bertz CT molecular complexity index is 804. The van der Waals surface area contributed by atoms with E-state index in [2.05, 4.69) is 11.8 Å². The van der Waals surface area contributed by atoms with Crippen LogP contribution >= 0.6 is 11.6 Å². The van der Waals surface area contributed by atoms with Crippen LogP contribution in [0.3, 0.4) is 0 Å². The molecule has 2 aromatic carbocycles. The molecule has 0 radical (unpaired) electrons. The van der Waals surface area contributed by atoms with E-state index < -0.39 is 6.10 Å². The molecule has 1 aliphatic heterocycles. The van der Waals surface area contributed by atoms with Crippen LogP contribution < -0.4 is 14.4 Å². The molecular formula is C21H25ClN2O3. The molecule has 1 aliphatic rings. The number of hydrogen-bond acceptors (Lipinski definition) is 4. The summed E-state index contributed by atoms with van der Waals surface area (Å²) < 4.78 is 11.0. The molecule has 1 saturated heterocycles. The predicted octanol–water partition coefficient (Wildman–Crippen LogP) is 3.77. The van der Waals surface area contributed by atoms with Crippen molar-refractivity contribution in [2.75, 3.05) is 38.2 Å². The fraction of sp³-hybridized carbons (Fsp3) is 0.381. The van der Waals surface area contributed by atoms with Gasteiger partial charge in [-0.3, -0.25) is 4.79 Å². The number of anilines is 1. The van der Waals surface area contributed by atoms with Gasteiger partial charge in [-0.1, -0.05) is 23.7 Å². The number of hydrogen-bond donors (Lipinski definition) is 0. The number of piperazine rings is 1. The van der Waals surface area contributed by atoms with Gasteiger partial charge in [0.1, 0.15) is 11.5 Å². The Balaban J connectivity index is 1.58. The second-order valence-electron chi connectivity index (χ2n) is 6.68. The minimum Gasteiger partial charge on any atom is -0.497 e. The van der Waals surface area contributed by atoms with E-state index >= 15 is 0 Å². The largest absolute Gasteiger partial charge is 0.497 e. The normalized spacial score (nSPS) is 15.4. The van der Waals surface area contributed by atoms with Crippen LogP contribution in [-0.4, -0.2) is 50.2 Å². The summed E-state index contributed by atoms with van der Waals surface area (Å²) in [5.74, 6) is 1.33. The number of nitrogens with zero attached hydrogens (tertiary/aromatic N) is 2. The first kappa shape index (κ1) is 19.4. The van der Waals surface area contributed by atoms with Crippen LogP contribution in [0.1, 0.15) is 12.5 Å². The number of benzene rings is 2. The van der Waals surface area contributed by atoms with Gasteiger partial charge in [0.2, 0.25) is 0 Å². The van der Waals surface area contributed by atoms with Gasteiger partial charge in [-0.25, -0.2) is 0 Å². The smallest absolute Gasteiger partial charge is 0.263 e. The summed E-state index contributed by atoms with van der Waals surface area (Å²) in [5.41, 5.74) is 2.32. The second-order valence-corrected chi connectivity index (χ2v) is 7.12. The number of carbonyl (C=O) groups excluding carboxylic acids is 1. The summed E-state index contributed by atoms with van der Waals surface area (Å²) in [7, 11) is 1.61. The molecule has 1 amide bonds. The molecule has 144 valence electrons. The number of methoxy groups -OCH3 is 1. The third kappa shape index (κ3) is 4.66. The lowest BCUT2D eigenvalue weighted by Crippen LogP contribution is -2.52. The lowest BCUT2D eigenvalue weighted by atomic mass is 10.1. The third-order valence-corrected chi connectivity index (χ3v) is 5.04. The zero-order valence-corrected chi connectivity index (χ0v) is 16.7. The van der Waals surface area contributed by atoms with E-state index in [9.17, 15) is 4.79 Å².